The van der Waals surface area contributed by atoms with Crippen molar-refractivity contribution in [3.63, 3.8) is 0 Å². The van der Waals surface area contributed by atoms with Gasteiger partial charge < -0.3 is 19.6 Å². The molecule has 1 aliphatic rings. The first-order chi connectivity index (χ1) is 14.0. The predicted molar refractivity (Wildman–Crippen MR) is 115 cm³/mol. The van der Waals surface area contributed by atoms with E-state index in [-0.39, 0.29) is 0 Å². The van der Waals surface area contributed by atoms with Crippen molar-refractivity contribution in [2.24, 2.45) is 0 Å². The van der Waals surface area contributed by atoms with Crippen molar-refractivity contribution in [2.75, 3.05) is 7.11 Å². The van der Waals surface area contributed by atoms with E-state index < -0.39 is 5.97 Å². The number of ether oxygens (including phenoxy) is 2. The minimum atomic E-state index is -0.879. The number of benzene rings is 2. The van der Waals surface area contributed by atoms with Crippen molar-refractivity contribution in [2.45, 2.75) is 51.7 Å². The molecule has 5 heteroatoms. The average molecular weight is 395 g/mol. The number of aromatic nitrogens is 1. The van der Waals surface area contributed by atoms with Gasteiger partial charge in [0, 0.05) is 18.7 Å². The van der Waals surface area contributed by atoms with E-state index in [2.05, 4.69) is 31.0 Å². The van der Waals surface area contributed by atoms with Crippen LogP contribution in [0.25, 0.3) is 10.9 Å². The number of H-pyrrole nitrogens is 1. The summed E-state index contributed by atoms with van der Waals surface area (Å²) in [5, 5.41) is 9.59. The third-order valence-corrected chi connectivity index (χ3v) is 5.44. The third-order valence-electron chi connectivity index (χ3n) is 5.44. The van der Waals surface area contributed by atoms with E-state index in [0.717, 1.165) is 31.4 Å². The number of nitrogens with one attached hydrogen (secondary N) is 1. The van der Waals surface area contributed by atoms with Gasteiger partial charge >= 0.3 is 5.97 Å². The standard InChI is InChI=1S/C17H23NO2.C7H6O2/c1-11-10-12(2)17(15-8-9-18-16(11)15)20-14-6-4-13(19-3)5-7-14;8-7(9)6-4-2-1-3-5-6/h8-10,13-14,18H,4-7H2,1-3H3;1-5H,(H,8,9). The van der Waals surface area contributed by atoms with E-state index in [1.165, 1.54) is 22.0 Å². The van der Waals surface area contributed by atoms with Crippen LogP contribution in [-0.2, 0) is 4.74 Å². The lowest BCUT2D eigenvalue weighted by atomic mass is 9.94. The van der Waals surface area contributed by atoms with Gasteiger partial charge in [-0.1, -0.05) is 24.3 Å². The van der Waals surface area contributed by atoms with Crippen molar-refractivity contribution in [3.05, 3.63) is 65.4 Å². The number of carboxylic acid groups (broad SMARTS) is 1. The fourth-order valence-electron chi connectivity index (χ4n) is 3.85. The second-order valence-corrected chi connectivity index (χ2v) is 7.53. The first kappa shape index (κ1) is 20.9. The summed E-state index contributed by atoms with van der Waals surface area (Å²) in [5.41, 5.74) is 4.02. The van der Waals surface area contributed by atoms with Crippen LogP contribution in [0.2, 0.25) is 0 Å². The van der Waals surface area contributed by atoms with Crippen LogP contribution in [0.1, 0.15) is 47.2 Å². The predicted octanol–water partition coefficient (Wildman–Crippen LogP) is 5.51. The highest BCUT2D eigenvalue weighted by atomic mass is 16.5. The normalized spacial score (nSPS) is 18.7. The molecule has 3 aromatic rings. The highest BCUT2D eigenvalue weighted by molar-refractivity contribution is 5.89. The Balaban J connectivity index is 0.000000224. The Bertz CT molecular complexity index is 940. The zero-order chi connectivity index (χ0) is 20.8. The number of hydrogen-bond donors (Lipinski definition) is 2. The smallest absolute Gasteiger partial charge is 0.335 e. The lowest BCUT2D eigenvalue weighted by molar-refractivity contribution is 0.0330. The summed E-state index contributed by atoms with van der Waals surface area (Å²) in [5.74, 6) is 0.170. The third kappa shape index (κ3) is 5.18. The number of hydrogen-bond acceptors (Lipinski definition) is 3. The summed E-state index contributed by atoms with van der Waals surface area (Å²) < 4.78 is 11.8. The summed E-state index contributed by atoms with van der Waals surface area (Å²) in [4.78, 5) is 13.5. The number of fused-ring (bicyclic) bond motifs is 1. The maximum Gasteiger partial charge on any atom is 0.335 e. The second kappa shape index (κ2) is 9.61. The minimum absolute atomic E-state index is 0.320. The van der Waals surface area contributed by atoms with E-state index >= 15 is 0 Å². The molecule has 1 fully saturated rings. The molecule has 0 aliphatic heterocycles. The Hall–Kier alpha value is -2.79. The monoisotopic (exact) mass is 395 g/mol. The molecule has 29 heavy (non-hydrogen) atoms. The van der Waals surface area contributed by atoms with Gasteiger partial charge in [-0.2, -0.15) is 0 Å². The molecular formula is C24H29NO4. The van der Waals surface area contributed by atoms with Crippen LogP contribution >= 0.6 is 0 Å². The summed E-state index contributed by atoms with van der Waals surface area (Å²) in [6.45, 7) is 4.27. The van der Waals surface area contributed by atoms with Gasteiger partial charge in [-0.15, -0.1) is 0 Å². The number of aromatic carboxylic acids is 1. The van der Waals surface area contributed by atoms with Gasteiger partial charge in [-0.25, -0.2) is 4.79 Å². The number of aromatic amines is 1. The number of carbonyl (C=O) groups is 1. The fraction of sp³-hybridized carbons (Fsp3) is 0.375. The number of carboxylic acids is 1. The molecule has 1 aromatic heterocycles. The van der Waals surface area contributed by atoms with Crippen LogP contribution in [0.4, 0.5) is 0 Å². The molecule has 2 N–H and O–H groups in total. The maximum absolute atomic E-state index is 10.2. The first-order valence-corrected chi connectivity index (χ1v) is 10.0. The molecule has 0 unspecified atom stereocenters. The molecule has 1 heterocycles. The van der Waals surface area contributed by atoms with E-state index in [4.69, 9.17) is 14.6 Å². The van der Waals surface area contributed by atoms with Crippen molar-refractivity contribution in [1.29, 1.82) is 0 Å². The molecule has 0 amide bonds. The Labute approximate surface area is 171 Å². The molecule has 2 aromatic carbocycles. The van der Waals surface area contributed by atoms with Crippen molar-refractivity contribution in [3.8, 4) is 5.75 Å². The SMILES string of the molecule is COC1CCC(Oc2c(C)cc(C)c3[nH]ccc23)CC1.O=C(O)c1ccccc1. The molecular weight excluding hydrogens is 366 g/mol. The highest BCUT2D eigenvalue weighted by Gasteiger charge is 2.23. The molecule has 1 aliphatic carbocycles. The van der Waals surface area contributed by atoms with Crippen molar-refractivity contribution in [1.82, 2.24) is 4.98 Å². The maximum atomic E-state index is 10.2. The van der Waals surface area contributed by atoms with Crippen molar-refractivity contribution < 1.29 is 19.4 Å². The Morgan fingerprint density at radius 1 is 1.00 bits per heavy atom. The Morgan fingerprint density at radius 3 is 2.24 bits per heavy atom. The van der Waals surface area contributed by atoms with Gasteiger partial charge in [-0.05, 0) is 68.9 Å². The van der Waals surface area contributed by atoms with Crippen LogP contribution in [0, 0.1) is 13.8 Å². The molecule has 0 saturated heterocycles. The van der Waals surface area contributed by atoms with Gasteiger partial charge in [0.15, 0.2) is 0 Å². The van der Waals surface area contributed by atoms with Gasteiger partial charge in [0.05, 0.1) is 23.3 Å². The Kier molecular flexibility index (Phi) is 6.94. The molecule has 4 rings (SSSR count). The van der Waals surface area contributed by atoms with Crippen molar-refractivity contribution >= 4 is 16.9 Å². The Morgan fingerprint density at radius 2 is 1.66 bits per heavy atom. The zero-order valence-electron chi connectivity index (χ0n) is 17.3. The van der Waals surface area contributed by atoms with Gasteiger partial charge in [0.2, 0.25) is 0 Å². The first-order valence-electron chi connectivity index (χ1n) is 10.0. The zero-order valence-corrected chi connectivity index (χ0v) is 17.3. The lowest BCUT2D eigenvalue weighted by Crippen LogP contribution is -2.27. The number of aryl methyl sites for hydroxylation is 2. The molecule has 0 atom stereocenters. The van der Waals surface area contributed by atoms with Gasteiger partial charge in [-0.3, -0.25) is 0 Å². The van der Waals surface area contributed by atoms with Crippen LogP contribution < -0.4 is 4.74 Å². The van der Waals surface area contributed by atoms with Crippen LogP contribution in [-0.4, -0.2) is 35.4 Å². The average Bonchev–Trinajstić information content (AvgIpc) is 3.23. The summed E-state index contributed by atoms with van der Waals surface area (Å²) in [6.07, 6.45) is 7.09. The molecule has 0 bridgehead atoms. The molecule has 154 valence electrons. The highest BCUT2D eigenvalue weighted by Crippen LogP contribution is 2.34. The van der Waals surface area contributed by atoms with Crippen LogP contribution in [0.3, 0.4) is 0 Å². The van der Waals surface area contributed by atoms with E-state index in [9.17, 15) is 4.79 Å². The lowest BCUT2D eigenvalue weighted by Gasteiger charge is -2.29. The van der Waals surface area contributed by atoms with Crippen LogP contribution in [0.15, 0.2) is 48.7 Å². The minimum Gasteiger partial charge on any atom is -0.489 e. The largest absolute Gasteiger partial charge is 0.489 e. The molecule has 0 spiro atoms. The second-order valence-electron chi connectivity index (χ2n) is 7.53. The molecule has 0 radical (unpaired) electrons. The van der Waals surface area contributed by atoms with Gasteiger partial charge in [0.1, 0.15) is 5.75 Å². The fourth-order valence-corrected chi connectivity index (χ4v) is 3.85. The van der Waals surface area contributed by atoms with E-state index in [0.29, 0.717) is 17.8 Å². The summed E-state index contributed by atoms with van der Waals surface area (Å²) in [6, 6.07) is 12.6. The van der Waals surface area contributed by atoms with E-state index in [1.54, 1.807) is 37.4 Å². The number of rotatable bonds is 4. The summed E-state index contributed by atoms with van der Waals surface area (Å²) >= 11 is 0. The van der Waals surface area contributed by atoms with Gasteiger partial charge in [0.25, 0.3) is 0 Å². The topological polar surface area (TPSA) is 71.5 Å². The molecule has 1 saturated carbocycles. The number of methoxy groups -OCH3 is 1. The van der Waals surface area contributed by atoms with Crippen LogP contribution in [0.5, 0.6) is 5.75 Å². The quantitative estimate of drug-likeness (QED) is 0.611. The van der Waals surface area contributed by atoms with E-state index in [1.807, 2.05) is 6.20 Å². The summed E-state index contributed by atoms with van der Waals surface area (Å²) in [7, 11) is 1.80. The molecule has 5 nitrogen and oxygen atoms in total.